The summed E-state index contributed by atoms with van der Waals surface area (Å²) in [5.41, 5.74) is 0.0207. The average Bonchev–Trinajstić information content (AvgIpc) is 2.90. The van der Waals surface area contributed by atoms with Crippen LogP contribution < -0.4 is 5.32 Å². The molecule has 0 saturated carbocycles. The minimum atomic E-state index is -0.546. The van der Waals surface area contributed by atoms with Gasteiger partial charge in [0.25, 0.3) is 0 Å². The van der Waals surface area contributed by atoms with E-state index in [1.54, 1.807) is 26.2 Å². The van der Waals surface area contributed by atoms with Crippen LogP contribution in [0.3, 0.4) is 0 Å². The zero-order chi connectivity index (χ0) is 17.5. The number of nitrogens with one attached hydrogen (secondary N) is 1. The van der Waals surface area contributed by atoms with Gasteiger partial charge in [0.15, 0.2) is 0 Å². The van der Waals surface area contributed by atoms with Gasteiger partial charge in [-0.25, -0.2) is 14.6 Å². The van der Waals surface area contributed by atoms with Crippen molar-refractivity contribution in [3.05, 3.63) is 28.2 Å². The van der Waals surface area contributed by atoms with E-state index in [9.17, 15) is 9.59 Å². The van der Waals surface area contributed by atoms with E-state index in [2.05, 4.69) is 26.9 Å². The summed E-state index contributed by atoms with van der Waals surface area (Å²) < 4.78 is 9.65. The van der Waals surface area contributed by atoms with Gasteiger partial charge in [0.2, 0.25) is 0 Å². The Hall–Kier alpha value is -2.33. The molecule has 0 fully saturated rings. The number of aromatic nitrogens is 1. The molecule has 1 amide bonds. The smallest absolute Gasteiger partial charge is 0.408 e. The fourth-order valence-corrected chi connectivity index (χ4v) is 2.14. The molecule has 1 unspecified atom stereocenters. The van der Waals surface area contributed by atoms with Gasteiger partial charge in [-0.15, -0.1) is 11.3 Å². The lowest BCUT2D eigenvalue weighted by atomic mass is 10.2. The van der Waals surface area contributed by atoms with Gasteiger partial charge in [-0.2, -0.15) is 0 Å². The molecule has 1 aromatic rings. The monoisotopic (exact) mass is 336 g/mol. The molecule has 124 valence electrons. The number of alkyl carbamates (subject to hydrolysis) is 1. The molecule has 1 atom stereocenters. The van der Waals surface area contributed by atoms with Crippen molar-refractivity contribution < 1.29 is 19.1 Å². The highest BCUT2D eigenvalue weighted by Gasteiger charge is 2.19. The number of rotatable bonds is 3. The summed E-state index contributed by atoms with van der Waals surface area (Å²) in [4.78, 5) is 26.9. The largest absolute Gasteiger partial charge is 0.466 e. The summed E-state index contributed by atoms with van der Waals surface area (Å²) in [6, 6.07) is -0.281. The molecule has 6 nitrogen and oxygen atoms in total. The lowest BCUT2D eigenvalue weighted by molar-refractivity contribution is -0.134. The van der Waals surface area contributed by atoms with Gasteiger partial charge < -0.3 is 14.8 Å². The first-order valence-electron chi connectivity index (χ1n) is 6.92. The van der Waals surface area contributed by atoms with Gasteiger partial charge in [-0.3, -0.25) is 0 Å². The molecule has 0 aliphatic heterocycles. The van der Waals surface area contributed by atoms with Gasteiger partial charge in [0, 0.05) is 11.5 Å². The Bertz CT molecular complexity index is 647. The molecule has 0 aliphatic carbocycles. The number of ether oxygens (including phenoxy) is 2. The highest BCUT2D eigenvalue weighted by Crippen LogP contribution is 2.18. The van der Waals surface area contributed by atoms with Crippen molar-refractivity contribution in [1.29, 1.82) is 0 Å². The number of hydrogen-bond donors (Lipinski definition) is 1. The normalized spacial score (nSPS) is 12.2. The first-order valence-corrected chi connectivity index (χ1v) is 7.80. The summed E-state index contributed by atoms with van der Waals surface area (Å²) >= 11 is 1.39. The summed E-state index contributed by atoms with van der Waals surface area (Å²) in [6.45, 7) is 7.22. The van der Waals surface area contributed by atoms with Gasteiger partial charge in [-0.1, -0.05) is 5.92 Å². The Labute approximate surface area is 139 Å². The SMILES string of the molecule is COC(=O)/C=C/C#Cc1csc(C(C)NC(=O)OC(C)(C)C)n1. The molecule has 1 heterocycles. The summed E-state index contributed by atoms with van der Waals surface area (Å²) in [5.74, 6) is 5.03. The number of methoxy groups -OCH3 is 1. The number of carbonyl (C=O) groups excluding carboxylic acids is 2. The lowest BCUT2D eigenvalue weighted by Gasteiger charge is -2.21. The molecule has 0 bridgehead atoms. The molecule has 1 aromatic heterocycles. The van der Waals surface area contributed by atoms with Crippen LogP contribution in [0.25, 0.3) is 0 Å². The molecular weight excluding hydrogens is 316 g/mol. The number of allylic oxidation sites excluding steroid dienone is 1. The fourth-order valence-electron chi connectivity index (χ4n) is 1.38. The summed E-state index contributed by atoms with van der Waals surface area (Å²) in [7, 11) is 1.30. The predicted octanol–water partition coefficient (Wildman–Crippen LogP) is 2.81. The molecule has 0 spiro atoms. The molecule has 0 aliphatic rings. The third-order valence-corrected chi connectivity index (χ3v) is 3.36. The number of nitrogens with zero attached hydrogens (tertiary/aromatic N) is 1. The number of carbonyl (C=O) groups is 2. The Kier molecular flexibility index (Phi) is 6.79. The van der Waals surface area contributed by atoms with Crippen LogP contribution in [0.5, 0.6) is 0 Å². The van der Waals surface area contributed by atoms with Crippen molar-refractivity contribution in [3.8, 4) is 11.8 Å². The molecule has 1 N–H and O–H groups in total. The van der Waals surface area contributed by atoms with E-state index in [0.717, 1.165) is 5.01 Å². The van der Waals surface area contributed by atoms with E-state index < -0.39 is 17.7 Å². The Morgan fingerprint density at radius 1 is 1.43 bits per heavy atom. The van der Waals surface area contributed by atoms with Crippen LogP contribution in [-0.4, -0.2) is 29.8 Å². The molecular formula is C16H20N2O4S. The molecule has 0 saturated heterocycles. The maximum Gasteiger partial charge on any atom is 0.408 e. The van der Waals surface area contributed by atoms with E-state index in [4.69, 9.17) is 4.74 Å². The maximum absolute atomic E-state index is 11.7. The van der Waals surface area contributed by atoms with E-state index in [-0.39, 0.29) is 6.04 Å². The van der Waals surface area contributed by atoms with Crippen molar-refractivity contribution in [3.63, 3.8) is 0 Å². The van der Waals surface area contributed by atoms with E-state index in [0.29, 0.717) is 5.69 Å². The zero-order valence-corrected chi connectivity index (χ0v) is 14.6. The Balaban J connectivity index is 2.62. The van der Waals surface area contributed by atoms with Crippen LogP contribution in [-0.2, 0) is 14.3 Å². The highest BCUT2D eigenvalue weighted by molar-refractivity contribution is 7.09. The predicted molar refractivity (Wildman–Crippen MR) is 87.9 cm³/mol. The third kappa shape index (κ3) is 7.47. The maximum atomic E-state index is 11.7. The molecule has 23 heavy (non-hydrogen) atoms. The van der Waals surface area contributed by atoms with E-state index in [1.807, 2.05) is 6.92 Å². The fraction of sp³-hybridized carbons (Fsp3) is 0.438. The third-order valence-electron chi connectivity index (χ3n) is 2.33. The van der Waals surface area contributed by atoms with Gasteiger partial charge >= 0.3 is 12.1 Å². The topological polar surface area (TPSA) is 77.5 Å². The number of thiazole rings is 1. The van der Waals surface area contributed by atoms with Crippen molar-refractivity contribution in [2.45, 2.75) is 39.3 Å². The van der Waals surface area contributed by atoms with E-state index >= 15 is 0 Å². The van der Waals surface area contributed by atoms with E-state index in [1.165, 1.54) is 30.6 Å². The second kappa shape index (κ2) is 8.34. The van der Waals surface area contributed by atoms with Crippen LogP contribution in [0, 0.1) is 11.8 Å². The summed E-state index contributed by atoms with van der Waals surface area (Å²) in [6.07, 6.45) is 2.13. The van der Waals surface area contributed by atoms with Crippen molar-refractivity contribution in [2.24, 2.45) is 0 Å². The number of amides is 1. The van der Waals surface area contributed by atoms with Crippen LogP contribution in [0.4, 0.5) is 4.79 Å². The van der Waals surface area contributed by atoms with Gasteiger partial charge in [-0.05, 0) is 39.7 Å². The van der Waals surface area contributed by atoms with Gasteiger partial charge in [0.1, 0.15) is 16.3 Å². The lowest BCUT2D eigenvalue weighted by Crippen LogP contribution is -2.34. The second-order valence-electron chi connectivity index (χ2n) is 5.56. The first kappa shape index (κ1) is 18.7. The number of hydrogen-bond acceptors (Lipinski definition) is 6. The quantitative estimate of drug-likeness (QED) is 0.522. The average molecular weight is 336 g/mol. The molecule has 0 radical (unpaired) electrons. The minimum Gasteiger partial charge on any atom is -0.466 e. The summed E-state index contributed by atoms with van der Waals surface area (Å²) in [5, 5.41) is 5.22. The first-order chi connectivity index (χ1) is 10.7. The minimum absolute atomic E-state index is 0.281. The van der Waals surface area contributed by atoms with Crippen molar-refractivity contribution >= 4 is 23.4 Å². The molecule has 1 rings (SSSR count). The van der Waals surface area contributed by atoms with Crippen LogP contribution >= 0.6 is 11.3 Å². The Morgan fingerprint density at radius 3 is 2.74 bits per heavy atom. The zero-order valence-electron chi connectivity index (χ0n) is 13.8. The molecule has 0 aromatic carbocycles. The number of esters is 1. The van der Waals surface area contributed by atoms with Gasteiger partial charge in [0.05, 0.1) is 13.2 Å². The second-order valence-corrected chi connectivity index (χ2v) is 6.45. The van der Waals surface area contributed by atoms with Crippen LogP contribution in [0.1, 0.15) is 44.4 Å². The van der Waals surface area contributed by atoms with Crippen molar-refractivity contribution in [2.75, 3.05) is 7.11 Å². The van der Waals surface area contributed by atoms with Crippen LogP contribution in [0.2, 0.25) is 0 Å². The standard InChI is InChI=1S/C16H20N2O4S/c1-11(17-15(20)22-16(2,3)4)14-18-12(10-23-14)8-6-7-9-13(19)21-5/h7,9-11H,1-5H3,(H,17,20)/b9-7+. The Morgan fingerprint density at radius 2 is 2.13 bits per heavy atom. The van der Waals surface area contributed by atoms with Crippen molar-refractivity contribution in [1.82, 2.24) is 10.3 Å². The van der Waals surface area contributed by atoms with Crippen LogP contribution in [0.15, 0.2) is 17.5 Å². The molecule has 7 heteroatoms. The highest BCUT2D eigenvalue weighted by atomic mass is 32.1.